The van der Waals surface area contributed by atoms with Crippen LogP contribution < -0.4 is 10.6 Å². The topological polar surface area (TPSA) is 49.8 Å². The van der Waals surface area contributed by atoms with Crippen molar-refractivity contribution >= 4 is 33.3 Å². The fourth-order valence-electron chi connectivity index (χ4n) is 2.43. The highest BCUT2D eigenvalue weighted by molar-refractivity contribution is 7.16. The number of hydrogen-bond acceptors (Lipinski definition) is 5. The van der Waals surface area contributed by atoms with Crippen LogP contribution in [0, 0.1) is 5.92 Å². The molecule has 0 bridgehead atoms. The first-order valence-corrected chi connectivity index (χ1v) is 8.40. The van der Waals surface area contributed by atoms with E-state index in [1.165, 1.54) is 19.3 Å². The van der Waals surface area contributed by atoms with Crippen molar-refractivity contribution in [1.29, 1.82) is 0 Å². The van der Waals surface area contributed by atoms with E-state index in [0.29, 0.717) is 6.04 Å². The molecule has 1 fully saturated rings. The van der Waals surface area contributed by atoms with Gasteiger partial charge in [0.15, 0.2) is 0 Å². The fraction of sp³-hybridized carbons (Fsp3) is 0.600. The van der Waals surface area contributed by atoms with Crippen molar-refractivity contribution < 1.29 is 0 Å². The van der Waals surface area contributed by atoms with Crippen molar-refractivity contribution in [3.05, 3.63) is 11.4 Å². The lowest BCUT2D eigenvalue weighted by atomic mass is 10.1. The average molecular weight is 290 g/mol. The number of hydrogen-bond donors (Lipinski definition) is 2. The lowest BCUT2D eigenvalue weighted by molar-refractivity contribution is 0.641. The van der Waals surface area contributed by atoms with Crippen LogP contribution in [0.2, 0.25) is 0 Å². The van der Waals surface area contributed by atoms with Gasteiger partial charge in [-0.25, -0.2) is 4.98 Å². The highest BCUT2D eigenvalue weighted by Gasteiger charge is 2.24. The Morgan fingerprint density at radius 1 is 1.40 bits per heavy atom. The first kappa shape index (κ1) is 13.6. The highest BCUT2D eigenvalue weighted by Crippen LogP contribution is 2.34. The second kappa shape index (κ2) is 5.95. The van der Waals surface area contributed by atoms with E-state index in [2.05, 4.69) is 45.9 Å². The minimum atomic E-state index is 0.472. The maximum Gasteiger partial charge on any atom is 0.226 e. The van der Waals surface area contributed by atoms with Gasteiger partial charge in [0, 0.05) is 12.6 Å². The Balaban J connectivity index is 1.80. The van der Waals surface area contributed by atoms with E-state index < -0.39 is 0 Å². The van der Waals surface area contributed by atoms with Gasteiger partial charge in [-0.15, -0.1) is 11.3 Å². The van der Waals surface area contributed by atoms with Crippen LogP contribution in [0.1, 0.15) is 39.5 Å². The summed E-state index contributed by atoms with van der Waals surface area (Å²) in [7, 11) is 0. The summed E-state index contributed by atoms with van der Waals surface area (Å²) in [6, 6.07) is 2.58. The van der Waals surface area contributed by atoms with Crippen molar-refractivity contribution in [2.24, 2.45) is 5.92 Å². The average Bonchev–Trinajstić information content (AvgIpc) is 3.10. The molecule has 0 amide bonds. The van der Waals surface area contributed by atoms with E-state index in [4.69, 9.17) is 0 Å². The van der Waals surface area contributed by atoms with E-state index in [1.807, 2.05) is 0 Å². The number of thiophene rings is 1. The zero-order chi connectivity index (χ0) is 13.9. The smallest absolute Gasteiger partial charge is 0.226 e. The molecule has 2 aromatic heterocycles. The molecule has 0 saturated heterocycles. The Labute approximate surface area is 124 Å². The molecule has 0 spiro atoms. The standard InChI is InChI=1S/C15H22N4S/c1-3-7-16-15-18-13(12-6-8-20-14(12)19-15)17-10(2)9-11-4-5-11/h6,8,10-11H,3-5,7,9H2,1-2H3,(H2,16,17,18,19). The lowest BCUT2D eigenvalue weighted by Gasteiger charge is -2.15. The molecule has 0 aromatic carbocycles. The van der Waals surface area contributed by atoms with Crippen molar-refractivity contribution in [2.45, 2.75) is 45.6 Å². The summed E-state index contributed by atoms with van der Waals surface area (Å²) in [5.41, 5.74) is 0. The van der Waals surface area contributed by atoms with Gasteiger partial charge in [0.05, 0.1) is 5.39 Å². The molecule has 5 heteroatoms. The zero-order valence-corrected chi connectivity index (χ0v) is 13.0. The summed E-state index contributed by atoms with van der Waals surface area (Å²) in [6.45, 7) is 5.30. The van der Waals surface area contributed by atoms with Crippen molar-refractivity contribution in [1.82, 2.24) is 9.97 Å². The van der Waals surface area contributed by atoms with Crippen LogP contribution in [0.5, 0.6) is 0 Å². The van der Waals surface area contributed by atoms with Gasteiger partial charge >= 0.3 is 0 Å². The predicted molar refractivity (Wildman–Crippen MR) is 86.6 cm³/mol. The number of nitrogens with one attached hydrogen (secondary N) is 2. The maximum absolute atomic E-state index is 4.65. The van der Waals surface area contributed by atoms with Gasteiger partial charge in [-0.1, -0.05) is 19.8 Å². The molecular weight excluding hydrogens is 268 g/mol. The number of fused-ring (bicyclic) bond motifs is 1. The van der Waals surface area contributed by atoms with Gasteiger partial charge in [0.25, 0.3) is 0 Å². The van der Waals surface area contributed by atoms with Crippen LogP contribution in [0.3, 0.4) is 0 Å². The van der Waals surface area contributed by atoms with Crippen LogP contribution in [-0.2, 0) is 0 Å². The minimum Gasteiger partial charge on any atom is -0.367 e. The molecule has 0 radical (unpaired) electrons. The van der Waals surface area contributed by atoms with Crippen molar-refractivity contribution in [3.63, 3.8) is 0 Å². The van der Waals surface area contributed by atoms with E-state index in [1.54, 1.807) is 11.3 Å². The Bertz CT molecular complexity index is 576. The van der Waals surface area contributed by atoms with Gasteiger partial charge in [-0.2, -0.15) is 4.98 Å². The van der Waals surface area contributed by atoms with Crippen molar-refractivity contribution in [3.8, 4) is 0 Å². The Morgan fingerprint density at radius 3 is 3.00 bits per heavy atom. The van der Waals surface area contributed by atoms with E-state index in [0.717, 1.165) is 40.9 Å². The fourth-order valence-corrected chi connectivity index (χ4v) is 3.19. The second-order valence-corrected chi connectivity index (χ2v) is 6.58. The number of aromatic nitrogens is 2. The molecule has 3 rings (SSSR count). The number of nitrogens with zero attached hydrogens (tertiary/aromatic N) is 2. The minimum absolute atomic E-state index is 0.472. The Morgan fingerprint density at radius 2 is 2.25 bits per heavy atom. The van der Waals surface area contributed by atoms with Gasteiger partial charge in [0.2, 0.25) is 5.95 Å². The lowest BCUT2D eigenvalue weighted by Crippen LogP contribution is -2.17. The molecule has 20 heavy (non-hydrogen) atoms. The summed E-state index contributed by atoms with van der Waals surface area (Å²) in [5, 5.41) is 10.1. The largest absolute Gasteiger partial charge is 0.367 e. The van der Waals surface area contributed by atoms with Gasteiger partial charge in [-0.05, 0) is 37.1 Å². The van der Waals surface area contributed by atoms with Crippen molar-refractivity contribution in [2.75, 3.05) is 17.2 Å². The predicted octanol–water partition coefficient (Wildman–Crippen LogP) is 4.11. The van der Waals surface area contributed by atoms with Gasteiger partial charge < -0.3 is 10.6 Å². The molecule has 2 heterocycles. The highest BCUT2D eigenvalue weighted by atomic mass is 32.1. The molecule has 1 saturated carbocycles. The van der Waals surface area contributed by atoms with Gasteiger partial charge in [0.1, 0.15) is 10.6 Å². The molecule has 4 nitrogen and oxygen atoms in total. The molecule has 1 aliphatic rings. The summed E-state index contributed by atoms with van der Waals surface area (Å²) in [4.78, 5) is 10.3. The number of anilines is 2. The summed E-state index contributed by atoms with van der Waals surface area (Å²) < 4.78 is 0. The second-order valence-electron chi connectivity index (χ2n) is 5.69. The van der Waals surface area contributed by atoms with E-state index >= 15 is 0 Å². The van der Waals surface area contributed by atoms with Crippen LogP contribution >= 0.6 is 11.3 Å². The molecule has 2 N–H and O–H groups in total. The van der Waals surface area contributed by atoms with Crippen LogP contribution in [0.4, 0.5) is 11.8 Å². The van der Waals surface area contributed by atoms with Crippen LogP contribution in [-0.4, -0.2) is 22.6 Å². The summed E-state index contributed by atoms with van der Waals surface area (Å²) in [6.07, 6.45) is 5.11. The number of rotatable bonds is 7. The maximum atomic E-state index is 4.65. The third-order valence-corrected chi connectivity index (χ3v) is 4.43. The monoisotopic (exact) mass is 290 g/mol. The zero-order valence-electron chi connectivity index (χ0n) is 12.1. The Hall–Kier alpha value is -1.36. The normalized spacial score (nSPS) is 16.3. The van der Waals surface area contributed by atoms with Crippen LogP contribution in [0.25, 0.3) is 10.2 Å². The molecule has 1 unspecified atom stereocenters. The molecule has 0 aliphatic heterocycles. The van der Waals surface area contributed by atoms with Gasteiger partial charge in [-0.3, -0.25) is 0 Å². The van der Waals surface area contributed by atoms with E-state index in [-0.39, 0.29) is 0 Å². The molecule has 1 atom stereocenters. The summed E-state index contributed by atoms with van der Waals surface area (Å²) in [5.74, 6) is 2.64. The quantitative estimate of drug-likeness (QED) is 0.805. The van der Waals surface area contributed by atoms with Crippen LogP contribution in [0.15, 0.2) is 11.4 Å². The Kier molecular flexibility index (Phi) is 4.05. The molecule has 108 valence electrons. The third kappa shape index (κ3) is 3.20. The first-order valence-electron chi connectivity index (χ1n) is 7.52. The molecule has 2 aromatic rings. The SMILES string of the molecule is CCCNc1nc(NC(C)CC2CC2)c2ccsc2n1. The first-order chi connectivity index (χ1) is 9.76. The molecular formula is C15H22N4S. The third-order valence-electron chi connectivity index (χ3n) is 3.63. The summed E-state index contributed by atoms with van der Waals surface area (Å²) >= 11 is 1.67. The van der Waals surface area contributed by atoms with E-state index in [9.17, 15) is 0 Å². The molecule has 1 aliphatic carbocycles.